The molecule has 15 rings (SSSR count). The molecule has 27 heteroatoms. The molecule has 498 valence electrons. The summed E-state index contributed by atoms with van der Waals surface area (Å²) in [5.74, 6) is 7.30. The number of para-hydroxylation sites is 3. The van der Waals surface area contributed by atoms with Crippen LogP contribution >= 0.6 is 0 Å². The van der Waals surface area contributed by atoms with Crippen LogP contribution in [0.25, 0.3) is 66.9 Å². The van der Waals surface area contributed by atoms with Crippen molar-refractivity contribution in [2.45, 2.75) is 50.0 Å². The maximum absolute atomic E-state index is 12.0. The number of sulfonamides is 1. The van der Waals surface area contributed by atoms with Gasteiger partial charge in [0.2, 0.25) is 15.9 Å². The average Bonchev–Trinajstić information content (AvgIpc) is 1.63. The summed E-state index contributed by atoms with van der Waals surface area (Å²) in [4.78, 5) is 53.2. The van der Waals surface area contributed by atoms with Gasteiger partial charge in [-0.3, -0.25) is 14.9 Å². The Morgan fingerprint density at radius 3 is 1.22 bits per heavy atom. The van der Waals surface area contributed by atoms with Gasteiger partial charge in [0.05, 0.1) is 40.4 Å². The van der Waals surface area contributed by atoms with Crippen molar-refractivity contribution >= 4 is 72.4 Å². The van der Waals surface area contributed by atoms with E-state index < -0.39 is 10.0 Å². The molecular formula is C72H67N19O7S. The summed E-state index contributed by atoms with van der Waals surface area (Å²) < 4.78 is 49.4. The van der Waals surface area contributed by atoms with Crippen LogP contribution in [0, 0.1) is 12.3 Å². The van der Waals surface area contributed by atoms with Crippen molar-refractivity contribution in [3.05, 3.63) is 207 Å². The van der Waals surface area contributed by atoms with Gasteiger partial charge in [0.25, 0.3) is 5.91 Å². The first-order valence-corrected chi connectivity index (χ1v) is 33.3. The number of nitrogens with two attached hydrogens (primary N) is 3. The third-order valence-corrected chi connectivity index (χ3v) is 18.1. The molecule has 9 heterocycles. The molecule has 3 aliphatic heterocycles. The maximum Gasteiger partial charge on any atom is 0.298 e. The monoisotopic (exact) mass is 1340 g/mol. The third-order valence-electron chi connectivity index (χ3n) is 17.1. The molecule has 6 aromatic heterocycles. The molecule has 12 aromatic rings. The molecule has 0 radical (unpaired) electrons. The molecule has 4 atom stereocenters. The summed E-state index contributed by atoms with van der Waals surface area (Å²) in [5, 5.41) is 20.8. The Hall–Kier alpha value is -12.4. The molecule has 99 heavy (non-hydrogen) atoms. The number of hydrogen-bond acceptors (Lipinski definition) is 20. The number of aromatic nitrogens is 12. The number of carbonyl (C=O) groups excluding carboxylic acids is 2. The topological polar surface area (TPSA) is 335 Å². The molecule has 3 fully saturated rings. The lowest BCUT2D eigenvalue weighted by molar-refractivity contribution is -0.125. The molecule has 2 amide bonds. The van der Waals surface area contributed by atoms with Gasteiger partial charge in [-0.05, 0) is 147 Å². The van der Waals surface area contributed by atoms with E-state index >= 15 is 0 Å². The SMILES string of the molecule is C#CC(=O)N1CCC(n2nc(-c3ccc(Oc4ccccc4)cc3)c3c(N)ncnc32)C1.C=CC(=O)N1CCC(n2nc(-c3ccc(Oc4ccccc4)cc3)c3c(N)ncnc32)C1.C=CS(=O)(=O)N[C@H]1CC[C@@H](n2nc(-c3ccc(Oc4ccccc4)cc3)c3c(N)ncnc32)CN1. The van der Waals surface area contributed by atoms with Crippen molar-refractivity contribution in [2.75, 3.05) is 49.9 Å². The van der Waals surface area contributed by atoms with Crippen LogP contribution in [0.1, 0.15) is 43.8 Å². The number of fused-ring (bicyclic) bond motifs is 3. The zero-order valence-corrected chi connectivity index (χ0v) is 54.2. The van der Waals surface area contributed by atoms with Crippen LogP contribution in [0.2, 0.25) is 0 Å². The van der Waals surface area contributed by atoms with Crippen molar-refractivity contribution in [3.63, 3.8) is 0 Å². The summed E-state index contributed by atoms with van der Waals surface area (Å²) in [6.45, 7) is 9.68. The summed E-state index contributed by atoms with van der Waals surface area (Å²) in [5.41, 5.74) is 25.3. The molecule has 2 unspecified atom stereocenters. The standard InChI is InChI=1S/C24H25N7O3S.C24H22N6O2.C24H20N6O2/c1-2-35(32,33)30-20-13-10-17(14-26-20)31-24-21(23(25)27-15-28-24)22(29-31)16-8-11-19(12-9-16)34-18-6-4-3-5-7-18;2*1-2-20(31)29-13-12-17(14-29)30-24-21(23(25)26-15-27-24)22(28-30)16-8-10-19(11-9-16)32-18-6-4-3-5-7-18/h2-9,11-12,15,17,20,26,30H,1,10,13-14H2,(H2,25,27,28);2-11,15,17H,1,12-14H2,(H2,25,26,27);1,3-11,15,17H,12-14H2,(H2,25,26,27)/t17-,20+;;/m1../s1. The van der Waals surface area contributed by atoms with E-state index in [2.05, 4.69) is 59.0 Å². The van der Waals surface area contributed by atoms with Crippen LogP contribution in [0.4, 0.5) is 17.5 Å². The van der Waals surface area contributed by atoms with Crippen LogP contribution in [-0.4, -0.2) is 128 Å². The van der Waals surface area contributed by atoms with E-state index in [0.29, 0.717) is 125 Å². The second kappa shape index (κ2) is 28.9. The van der Waals surface area contributed by atoms with Gasteiger partial charge >= 0.3 is 0 Å². The number of hydrogen-bond donors (Lipinski definition) is 5. The van der Waals surface area contributed by atoms with Crippen LogP contribution < -0.4 is 41.5 Å². The predicted octanol–water partition coefficient (Wildman–Crippen LogP) is 10.3. The van der Waals surface area contributed by atoms with Gasteiger partial charge in [-0.2, -0.15) is 20.0 Å². The van der Waals surface area contributed by atoms with Gasteiger partial charge in [0, 0.05) is 54.8 Å². The van der Waals surface area contributed by atoms with E-state index in [9.17, 15) is 18.0 Å². The number of carbonyl (C=O) groups is 2. The highest BCUT2D eigenvalue weighted by atomic mass is 32.2. The Morgan fingerprint density at radius 1 is 0.505 bits per heavy atom. The molecule has 26 nitrogen and oxygen atoms in total. The highest BCUT2D eigenvalue weighted by Gasteiger charge is 2.33. The van der Waals surface area contributed by atoms with E-state index in [1.54, 1.807) is 9.80 Å². The number of piperidine rings is 1. The van der Waals surface area contributed by atoms with Crippen LogP contribution in [0.15, 0.2) is 207 Å². The van der Waals surface area contributed by atoms with E-state index in [1.807, 2.05) is 178 Å². The van der Waals surface area contributed by atoms with Gasteiger partial charge in [0.1, 0.15) is 88.0 Å². The number of rotatable bonds is 16. The van der Waals surface area contributed by atoms with Gasteiger partial charge in [0.15, 0.2) is 16.9 Å². The average molecular weight is 1340 g/mol. The third kappa shape index (κ3) is 14.4. The number of anilines is 3. The Labute approximate surface area is 568 Å². The zero-order chi connectivity index (χ0) is 68.6. The number of benzene rings is 6. The lowest BCUT2D eigenvalue weighted by atomic mass is 10.1. The predicted molar refractivity (Wildman–Crippen MR) is 377 cm³/mol. The Morgan fingerprint density at radius 2 is 0.869 bits per heavy atom. The van der Waals surface area contributed by atoms with Crippen LogP contribution in [0.3, 0.4) is 0 Å². The molecule has 0 saturated carbocycles. The highest BCUT2D eigenvalue weighted by Crippen LogP contribution is 2.39. The quantitative estimate of drug-likeness (QED) is 0.0443. The summed E-state index contributed by atoms with van der Waals surface area (Å²) in [6.07, 6.45) is 13.3. The van der Waals surface area contributed by atoms with Gasteiger partial charge in [-0.25, -0.2) is 52.4 Å². The van der Waals surface area contributed by atoms with Crippen molar-refractivity contribution in [3.8, 4) is 80.6 Å². The van der Waals surface area contributed by atoms with Gasteiger partial charge in [-0.1, -0.05) is 67.8 Å². The first-order chi connectivity index (χ1) is 48.2. The summed E-state index contributed by atoms with van der Waals surface area (Å²) >= 11 is 0. The molecule has 6 aromatic carbocycles. The number of nitrogens with zero attached hydrogens (tertiary/aromatic N) is 14. The Bertz CT molecular complexity index is 5060. The Balaban J connectivity index is 0.000000134. The summed E-state index contributed by atoms with van der Waals surface area (Å²) in [6, 6.07) is 51.6. The van der Waals surface area contributed by atoms with Crippen LogP contribution in [-0.2, 0) is 19.6 Å². The number of amides is 2. The first-order valence-electron chi connectivity index (χ1n) is 31.7. The minimum Gasteiger partial charge on any atom is -0.457 e. The molecular weight excluding hydrogens is 1270 g/mol. The van der Waals surface area contributed by atoms with E-state index in [4.69, 9.17) is 53.1 Å². The minimum absolute atomic E-state index is 0.00476. The van der Waals surface area contributed by atoms with Crippen LogP contribution in [0.5, 0.6) is 34.5 Å². The van der Waals surface area contributed by atoms with Crippen molar-refractivity contribution in [1.29, 1.82) is 0 Å². The fourth-order valence-electron chi connectivity index (χ4n) is 12.2. The molecule has 0 spiro atoms. The van der Waals surface area contributed by atoms with E-state index in [1.165, 1.54) is 25.1 Å². The van der Waals surface area contributed by atoms with Gasteiger partial charge < -0.3 is 41.2 Å². The molecule has 3 saturated heterocycles. The lowest BCUT2D eigenvalue weighted by Gasteiger charge is -2.30. The Kier molecular flexibility index (Phi) is 19.1. The van der Waals surface area contributed by atoms with E-state index in [-0.39, 0.29) is 36.1 Å². The number of likely N-dealkylation sites (tertiary alicyclic amines) is 2. The van der Waals surface area contributed by atoms with Crippen molar-refractivity contribution < 1.29 is 32.2 Å². The first kappa shape index (κ1) is 65.3. The smallest absolute Gasteiger partial charge is 0.298 e. The molecule has 8 N–H and O–H groups in total. The number of nitrogens with one attached hydrogen (secondary N) is 2. The molecule has 0 bridgehead atoms. The fraction of sp³-hybridized carbons (Fsp3) is 0.181. The summed E-state index contributed by atoms with van der Waals surface area (Å²) in [7, 11) is -3.52. The maximum atomic E-state index is 12.0. The molecule has 3 aliphatic rings. The molecule has 0 aliphatic carbocycles. The number of ether oxygens (including phenoxy) is 3. The normalized spacial score (nSPS) is 16.6. The van der Waals surface area contributed by atoms with Gasteiger partial charge in [-0.15, -0.1) is 6.42 Å². The second-order valence-electron chi connectivity index (χ2n) is 23.4. The lowest BCUT2D eigenvalue weighted by Crippen LogP contribution is -2.49. The van der Waals surface area contributed by atoms with Crippen molar-refractivity contribution in [1.82, 2.24) is 79.1 Å². The minimum atomic E-state index is -3.52. The number of terminal acetylenes is 1. The number of nitrogen functional groups attached to an aromatic ring is 3. The second-order valence-corrected chi connectivity index (χ2v) is 25.0. The highest BCUT2D eigenvalue weighted by molar-refractivity contribution is 7.92. The van der Waals surface area contributed by atoms with Crippen molar-refractivity contribution in [2.24, 2.45) is 0 Å². The van der Waals surface area contributed by atoms with E-state index in [0.717, 1.165) is 57.9 Å². The fourth-order valence-corrected chi connectivity index (χ4v) is 12.9. The largest absolute Gasteiger partial charge is 0.457 e. The zero-order valence-electron chi connectivity index (χ0n) is 53.4.